The molecule has 11 heteroatoms. The molecule has 0 atom stereocenters. The van der Waals surface area contributed by atoms with Gasteiger partial charge in [0, 0.05) is 25.5 Å². The average molecular weight is 407 g/mol. The number of nitrogens with zero attached hydrogens (tertiary/aromatic N) is 3. The Morgan fingerprint density at radius 3 is 2.58 bits per heavy atom. The van der Waals surface area contributed by atoms with E-state index in [-0.39, 0.29) is 43.2 Å². The largest absolute Gasteiger partial charge is 0.442 e. The molecule has 142 valence electrons. The topological polar surface area (TPSA) is 60.9 Å². The van der Waals surface area contributed by atoms with Crippen LogP contribution < -0.4 is 4.90 Å². The number of fused-ring (bicyclic) bond motifs is 3. The van der Waals surface area contributed by atoms with Crippen LogP contribution in [0.5, 0.6) is 0 Å². The lowest BCUT2D eigenvalue weighted by Crippen LogP contribution is -2.38. The lowest BCUT2D eigenvalue weighted by atomic mass is 10.0. The molecular formula is C15H16F3N3O3S2. The van der Waals surface area contributed by atoms with Crippen molar-refractivity contribution in [1.29, 1.82) is 0 Å². The number of thiophene rings is 1. The molecule has 2 aliphatic rings. The minimum Gasteiger partial charge on any atom is -0.336 e. The summed E-state index contributed by atoms with van der Waals surface area (Å²) in [4.78, 5) is 41.8. The van der Waals surface area contributed by atoms with Crippen molar-refractivity contribution >= 4 is 45.8 Å². The first-order valence-electron chi connectivity index (χ1n) is 7.73. The Morgan fingerprint density at radius 1 is 1.23 bits per heavy atom. The van der Waals surface area contributed by atoms with Crippen LogP contribution in [0.2, 0.25) is 0 Å². The van der Waals surface area contributed by atoms with Crippen molar-refractivity contribution < 1.29 is 27.6 Å². The SMILES string of the molecule is CN1CC(=O)N(C)c2sc3c(c2C1=O)CCN(C(=O)CSC(F)(F)F)C3. The second-order valence-electron chi connectivity index (χ2n) is 6.10. The summed E-state index contributed by atoms with van der Waals surface area (Å²) in [6, 6.07) is 0. The maximum Gasteiger partial charge on any atom is 0.442 e. The van der Waals surface area contributed by atoms with Crippen LogP contribution in [-0.4, -0.2) is 66.0 Å². The van der Waals surface area contributed by atoms with Crippen LogP contribution in [0.3, 0.4) is 0 Å². The number of carbonyl (C=O) groups is 3. The number of likely N-dealkylation sites (N-methyl/N-ethyl adjacent to an activating group) is 2. The van der Waals surface area contributed by atoms with E-state index >= 15 is 0 Å². The zero-order valence-electron chi connectivity index (χ0n) is 14.1. The van der Waals surface area contributed by atoms with Gasteiger partial charge in [-0.2, -0.15) is 13.2 Å². The molecule has 3 amide bonds. The molecule has 6 nitrogen and oxygen atoms in total. The van der Waals surface area contributed by atoms with Crippen LogP contribution in [0.1, 0.15) is 20.8 Å². The molecule has 26 heavy (non-hydrogen) atoms. The third-order valence-corrected chi connectivity index (χ3v) is 6.37. The number of carbonyl (C=O) groups excluding carboxylic acids is 3. The van der Waals surface area contributed by atoms with Crippen molar-refractivity contribution in [3.63, 3.8) is 0 Å². The summed E-state index contributed by atoms with van der Waals surface area (Å²) >= 11 is 0.895. The molecule has 1 aromatic rings. The van der Waals surface area contributed by atoms with Crippen molar-refractivity contribution in [3.05, 3.63) is 16.0 Å². The van der Waals surface area contributed by atoms with Gasteiger partial charge in [0.2, 0.25) is 11.8 Å². The van der Waals surface area contributed by atoms with Crippen molar-refractivity contribution in [2.24, 2.45) is 0 Å². The number of thioether (sulfide) groups is 1. The number of anilines is 1. The molecule has 0 bridgehead atoms. The van der Waals surface area contributed by atoms with E-state index in [0.717, 1.165) is 10.4 Å². The predicted octanol–water partition coefficient (Wildman–Crippen LogP) is 1.93. The number of alkyl halides is 3. The molecule has 0 aliphatic carbocycles. The van der Waals surface area contributed by atoms with Crippen LogP contribution in [0.15, 0.2) is 0 Å². The number of hydrogen-bond acceptors (Lipinski definition) is 5. The molecule has 1 aromatic heterocycles. The van der Waals surface area contributed by atoms with Gasteiger partial charge in [0.05, 0.1) is 17.9 Å². The highest BCUT2D eigenvalue weighted by Gasteiger charge is 2.37. The minimum atomic E-state index is -4.45. The third-order valence-electron chi connectivity index (χ3n) is 4.36. The molecule has 0 unspecified atom stereocenters. The maximum absolute atomic E-state index is 12.6. The van der Waals surface area contributed by atoms with Gasteiger partial charge in [0.15, 0.2) is 0 Å². The summed E-state index contributed by atoms with van der Waals surface area (Å²) in [7, 11) is 3.15. The summed E-state index contributed by atoms with van der Waals surface area (Å²) in [6.45, 7) is 0.399. The Labute approximate surface area is 155 Å². The summed E-state index contributed by atoms with van der Waals surface area (Å²) in [5.41, 5.74) is -3.19. The third kappa shape index (κ3) is 3.54. The monoisotopic (exact) mass is 407 g/mol. The fourth-order valence-electron chi connectivity index (χ4n) is 2.98. The molecule has 2 aliphatic heterocycles. The quantitative estimate of drug-likeness (QED) is 0.752. The normalized spacial score (nSPS) is 18.0. The van der Waals surface area contributed by atoms with E-state index in [1.54, 1.807) is 14.1 Å². The first-order valence-corrected chi connectivity index (χ1v) is 9.53. The molecule has 0 spiro atoms. The number of hydrogen-bond donors (Lipinski definition) is 0. The summed E-state index contributed by atoms with van der Waals surface area (Å²) < 4.78 is 36.9. The maximum atomic E-state index is 12.6. The molecule has 0 saturated heterocycles. The summed E-state index contributed by atoms with van der Waals surface area (Å²) in [5.74, 6) is -1.71. The van der Waals surface area contributed by atoms with Gasteiger partial charge in [-0.1, -0.05) is 0 Å². The smallest absolute Gasteiger partial charge is 0.336 e. The fraction of sp³-hybridized carbons (Fsp3) is 0.533. The average Bonchev–Trinajstić information content (AvgIpc) is 2.92. The lowest BCUT2D eigenvalue weighted by Gasteiger charge is -2.27. The van der Waals surface area contributed by atoms with Gasteiger partial charge >= 0.3 is 5.51 Å². The van der Waals surface area contributed by atoms with Gasteiger partial charge in [0.25, 0.3) is 5.91 Å². The van der Waals surface area contributed by atoms with Gasteiger partial charge in [0.1, 0.15) is 11.5 Å². The Hall–Kier alpha value is -1.75. The van der Waals surface area contributed by atoms with Crippen LogP contribution >= 0.6 is 23.1 Å². The highest BCUT2D eigenvalue weighted by molar-refractivity contribution is 8.00. The van der Waals surface area contributed by atoms with Gasteiger partial charge in [-0.3, -0.25) is 14.4 Å². The van der Waals surface area contributed by atoms with E-state index in [9.17, 15) is 27.6 Å². The summed E-state index contributed by atoms with van der Waals surface area (Å²) in [6.07, 6.45) is 0.380. The van der Waals surface area contributed by atoms with E-state index in [2.05, 4.69) is 0 Å². The van der Waals surface area contributed by atoms with Crippen LogP contribution in [-0.2, 0) is 22.6 Å². The highest BCUT2D eigenvalue weighted by atomic mass is 32.2. The van der Waals surface area contributed by atoms with Gasteiger partial charge < -0.3 is 14.7 Å². The predicted molar refractivity (Wildman–Crippen MR) is 92.3 cm³/mol. The van der Waals surface area contributed by atoms with Gasteiger partial charge in [-0.15, -0.1) is 11.3 Å². The van der Waals surface area contributed by atoms with Crippen molar-refractivity contribution in [3.8, 4) is 0 Å². The van der Waals surface area contributed by atoms with Crippen LogP contribution in [0.4, 0.5) is 18.2 Å². The lowest BCUT2D eigenvalue weighted by molar-refractivity contribution is -0.129. The van der Waals surface area contributed by atoms with E-state index < -0.39 is 17.2 Å². The standard InChI is InChI=1S/C15H16F3N3O3S2/c1-19-6-10(22)20(2)14-12(13(19)24)8-3-4-21(5-9(8)26-14)11(23)7-25-15(16,17)18/h3-7H2,1-2H3. The minimum absolute atomic E-state index is 0.00914. The molecule has 0 N–H and O–H groups in total. The zero-order chi connectivity index (χ0) is 19.2. The van der Waals surface area contributed by atoms with Crippen LogP contribution in [0.25, 0.3) is 0 Å². The zero-order valence-corrected chi connectivity index (χ0v) is 15.7. The molecule has 0 fully saturated rings. The molecule has 3 heterocycles. The van der Waals surface area contributed by atoms with Gasteiger partial charge in [-0.25, -0.2) is 0 Å². The Morgan fingerprint density at radius 2 is 1.92 bits per heavy atom. The first kappa shape index (κ1) is 19.0. The number of amides is 3. The van der Waals surface area contributed by atoms with Crippen molar-refractivity contribution in [1.82, 2.24) is 9.80 Å². The second-order valence-corrected chi connectivity index (χ2v) is 8.22. The molecule has 0 radical (unpaired) electrons. The molecule has 3 rings (SSSR count). The molecular weight excluding hydrogens is 391 g/mol. The van der Waals surface area contributed by atoms with E-state index in [1.807, 2.05) is 0 Å². The van der Waals surface area contributed by atoms with E-state index in [4.69, 9.17) is 0 Å². The molecule has 0 saturated carbocycles. The van der Waals surface area contributed by atoms with E-state index in [0.29, 0.717) is 17.0 Å². The summed E-state index contributed by atoms with van der Waals surface area (Å²) in [5, 5.41) is 0.535. The second kappa shape index (κ2) is 6.76. The van der Waals surface area contributed by atoms with Crippen molar-refractivity contribution in [2.75, 3.05) is 37.8 Å². The Bertz CT molecular complexity index is 778. The number of halogens is 3. The van der Waals surface area contributed by atoms with Crippen molar-refractivity contribution in [2.45, 2.75) is 18.5 Å². The highest BCUT2D eigenvalue weighted by Crippen LogP contribution is 2.41. The number of rotatable bonds is 2. The van der Waals surface area contributed by atoms with Gasteiger partial charge in [-0.05, 0) is 23.7 Å². The van der Waals surface area contributed by atoms with Crippen LogP contribution in [0, 0.1) is 0 Å². The fourth-order valence-corrected chi connectivity index (χ4v) is 4.78. The molecule has 0 aromatic carbocycles. The Kier molecular flexibility index (Phi) is 4.95. The van der Waals surface area contributed by atoms with E-state index in [1.165, 1.54) is 26.0 Å². The first-order chi connectivity index (χ1) is 12.1. The Balaban J connectivity index is 1.85.